The molecule has 0 spiro atoms. The number of rotatable bonds is 9. The van der Waals surface area contributed by atoms with Crippen LogP contribution in [-0.2, 0) is 10.0 Å². The largest absolute Gasteiger partial charge is 0.333 e. The molecule has 8 nitrogen and oxygen atoms in total. The lowest BCUT2D eigenvalue weighted by Crippen LogP contribution is -2.40. The van der Waals surface area contributed by atoms with E-state index in [2.05, 4.69) is 14.8 Å². The number of amidine groups is 1. The molecule has 1 saturated heterocycles. The van der Waals surface area contributed by atoms with Gasteiger partial charge in [0.15, 0.2) is 10.8 Å². The van der Waals surface area contributed by atoms with E-state index in [-0.39, 0.29) is 29.4 Å². The van der Waals surface area contributed by atoms with Crippen molar-refractivity contribution in [2.45, 2.75) is 44.8 Å². The molecule has 1 N–H and O–H groups in total. The van der Waals surface area contributed by atoms with Gasteiger partial charge in [-0.15, -0.1) is 11.3 Å². The van der Waals surface area contributed by atoms with Gasteiger partial charge in [-0.25, -0.2) is 27.2 Å². The van der Waals surface area contributed by atoms with Gasteiger partial charge in [-0.1, -0.05) is 31.0 Å². The Morgan fingerprint density at radius 1 is 1.29 bits per heavy atom. The Hall–Kier alpha value is -2.74. The highest BCUT2D eigenvalue weighted by atomic mass is 35.5. The van der Waals surface area contributed by atoms with E-state index in [1.165, 1.54) is 41.8 Å². The third-order valence-corrected chi connectivity index (χ3v) is 8.95. The number of aromatic nitrogens is 3. The molecule has 1 aromatic carbocycles. The summed E-state index contributed by atoms with van der Waals surface area (Å²) in [6.45, 7) is -0.668. The fraction of sp³-hybridized carbons (Fsp3) is 0.375. The van der Waals surface area contributed by atoms with Crippen molar-refractivity contribution in [1.29, 1.82) is 0 Å². The van der Waals surface area contributed by atoms with Crippen LogP contribution >= 0.6 is 22.9 Å². The topological polar surface area (TPSA) is 92.5 Å². The fourth-order valence-electron chi connectivity index (χ4n) is 4.68. The molecule has 0 amide bonds. The molecule has 2 aliphatic rings. The van der Waals surface area contributed by atoms with Gasteiger partial charge in [0.05, 0.1) is 11.4 Å². The zero-order valence-corrected chi connectivity index (χ0v) is 22.6. The molecule has 0 radical (unpaired) electrons. The van der Waals surface area contributed by atoms with Crippen LogP contribution in [0.3, 0.4) is 0 Å². The Morgan fingerprint density at radius 3 is 2.76 bits per heavy atom. The van der Waals surface area contributed by atoms with Crippen LogP contribution in [0.25, 0.3) is 5.57 Å². The van der Waals surface area contributed by atoms with E-state index in [1.54, 1.807) is 11.6 Å². The van der Waals surface area contributed by atoms with Crippen molar-refractivity contribution in [3.8, 4) is 0 Å². The Bertz CT molecular complexity index is 1490. The van der Waals surface area contributed by atoms with E-state index in [0.29, 0.717) is 38.8 Å². The van der Waals surface area contributed by atoms with Crippen molar-refractivity contribution in [3.05, 3.63) is 74.8 Å². The molecule has 0 saturated carbocycles. The fourth-order valence-corrected chi connectivity index (χ4v) is 7.04. The number of sulfonamides is 1. The number of hydrogen-bond donors (Lipinski definition) is 1. The van der Waals surface area contributed by atoms with Crippen molar-refractivity contribution in [2.24, 2.45) is 4.99 Å². The molecule has 14 heteroatoms. The molecule has 0 aliphatic carbocycles. The summed E-state index contributed by atoms with van der Waals surface area (Å²) in [6, 6.07) is 4.08. The summed E-state index contributed by atoms with van der Waals surface area (Å²) in [5, 5.41) is 6.59. The van der Waals surface area contributed by atoms with Crippen LogP contribution in [0.5, 0.6) is 0 Å². The number of nitrogens with zero attached hydrogens (tertiary/aromatic N) is 5. The standard InChI is InChI=1S/C24H24ClF3N6O2S2/c1-2-3-10-38(35,36)32-15-12-19-20(18-6-8-34(31-18)24(27)28)21(16-5-4-14(26)11-17(16)25)30-22(33(19)13-15)23-29-7-9-37-23/h4-9,11,15,21,24,32H,2-3,10,12-13H2,1H3/t15-,21-/m0/s1. The zero-order valence-electron chi connectivity index (χ0n) is 20.2. The monoisotopic (exact) mass is 584 g/mol. The molecule has 0 bridgehead atoms. The summed E-state index contributed by atoms with van der Waals surface area (Å²) in [4.78, 5) is 11.2. The lowest BCUT2D eigenvalue weighted by atomic mass is 9.92. The third kappa shape index (κ3) is 5.37. The maximum absolute atomic E-state index is 13.9. The van der Waals surface area contributed by atoms with Crippen LogP contribution in [0.1, 0.15) is 55.0 Å². The first-order valence-corrected chi connectivity index (χ1v) is 14.8. The van der Waals surface area contributed by atoms with Crippen LogP contribution in [0, 0.1) is 5.82 Å². The Balaban J connectivity index is 1.66. The molecular weight excluding hydrogens is 561 g/mol. The quantitative estimate of drug-likeness (QED) is 0.372. The highest BCUT2D eigenvalue weighted by Crippen LogP contribution is 2.46. The third-order valence-electron chi connectivity index (χ3n) is 6.34. The Morgan fingerprint density at radius 2 is 2.11 bits per heavy atom. The second-order valence-corrected chi connectivity index (χ2v) is 12.2. The molecule has 1 fully saturated rings. The first-order valence-electron chi connectivity index (χ1n) is 11.9. The lowest BCUT2D eigenvalue weighted by molar-refractivity contribution is 0.0564. The summed E-state index contributed by atoms with van der Waals surface area (Å²) < 4.78 is 69.6. The molecule has 38 heavy (non-hydrogen) atoms. The number of nitrogens with one attached hydrogen (secondary N) is 1. The predicted molar refractivity (Wildman–Crippen MR) is 140 cm³/mol. The molecule has 2 atom stereocenters. The molecule has 5 rings (SSSR count). The number of aliphatic imine (C=N–C) groups is 1. The van der Waals surface area contributed by atoms with Gasteiger partial charge in [0.2, 0.25) is 10.0 Å². The minimum Gasteiger partial charge on any atom is -0.326 e. The number of fused-ring (bicyclic) bond motifs is 1. The summed E-state index contributed by atoms with van der Waals surface area (Å²) in [7, 11) is -3.54. The first kappa shape index (κ1) is 26.9. The van der Waals surface area contributed by atoms with Crippen LogP contribution in [-0.4, -0.2) is 52.3 Å². The van der Waals surface area contributed by atoms with Gasteiger partial charge in [0, 0.05) is 58.6 Å². The maximum atomic E-state index is 13.9. The summed E-state index contributed by atoms with van der Waals surface area (Å²) >= 11 is 7.81. The maximum Gasteiger partial charge on any atom is 0.333 e. The molecule has 202 valence electrons. The van der Waals surface area contributed by atoms with E-state index in [4.69, 9.17) is 16.6 Å². The van der Waals surface area contributed by atoms with Crippen molar-refractivity contribution in [1.82, 2.24) is 24.4 Å². The van der Waals surface area contributed by atoms with Gasteiger partial charge in [0.25, 0.3) is 0 Å². The van der Waals surface area contributed by atoms with Crippen LogP contribution in [0.2, 0.25) is 5.02 Å². The average molecular weight is 585 g/mol. The lowest BCUT2D eigenvalue weighted by Gasteiger charge is -2.32. The van der Waals surface area contributed by atoms with Crippen molar-refractivity contribution in [3.63, 3.8) is 0 Å². The van der Waals surface area contributed by atoms with Gasteiger partial charge < -0.3 is 4.90 Å². The molecule has 2 aromatic heterocycles. The van der Waals surface area contributed by atoms with Gasteiger partial charge in [-0.3, -0.25) is 4.99 Å². The van der Waals surface area contributed by atoms with Gasteiger partial charge >= 0.3 is 6.55 Å². The summed E-state index contributed by atoms with van der Waals surface area (Å²) in [6.07, 6.45) is 4.33. The number of unbranched alkanes of at least 4 members (excludes halogenated alkanes) is 1. The van der Waals surface area contributed by atoms with E-state index in [9.17, 15) is 21.6 Å². The molecular formula is C24H24ClF3N6O2S2. The van der Waals surface area contributed by atoms with Crippen molar-refractivity contribution < 1.29 is 21.6 Å². The second-order valence-electron chi connectivity index (χ2n) is 8.98. The molecule has 0 unspecified atom stereocenters. The van der Waals surface area contributed by atoms with E-state index < -0.39 is 34.5 Å². The first-order chi connectivity index (χ1) is 18.2. The molecule has 3 aromatic rings. The number of benzene rings is 1. The summed E-state index contributed by atoms with van der Waals surface area (Å²) in [5.74, 6) is -0.0297. The van der Waals surface area contributed by atoms with Crippen molar-refractivity contribution >= 4 is 44.4 Å². The minimum atomic E-state index is -3.54. The number of alkyl halides is 2. The highest BCUT2D eigenvalue weighted by Gasteiger charge is 2.41. The second kappa shape index (κ2) is 10.8. The van der Waals surface area contributed by atoms with Gasteiger partial charge in [-0.05, 0) is 24.6 Å². The van der Waals surface area contributed by atoms with E-state index in [0.717, 1.165) is 6.42 Å². The van der Waals surface area contributed by atoms with Gasteiger partial charge in [-0.2, -0.15) is 13.9 Å². The van der Waals surface area contributed by atoms with E-state index >= 15 is 0 Å². The average Bonchev–Trinajstić information content (AvgIpc) is 3.62. The molecule has 4 heterocycles. The Kier molecular flexibility index (Phi) is 7.63. The van der Waals surface area contributed by atoms with Crippen LogP contribution in [0.15, 0.2) is 52.7 Å². The number of hydrogen-bond acceptors (Lipinski definition) is 7. The SMILES string of the molecule is CCCCS(=O)(=O)N[C@H]1CC2=C(c3ccn(C(F)F)n3)[C@H](c3ccc(F)cc3Cl)N=C(c3nccs3)N2C1. The van der Waals surface area contributed by atoms with Crippen LogP contribution < -0.4 is 4.72 Å². The number of thiazole rings is 1. The van der Waals surface area contributed by atoms with Crippen molar-refractivity contribution in [2.75, 3.05) is 12.3 Å². The zero-order chi connectivity index (χ0) is 27.0. The van der Waals surface area contributed by atoms with Crippen LogP contribution in [0.4, 0.5) is 13.2 Å². The normalized spacial score (nSPS) is 19.8. The minimum absolute atomic E-state index is 0.00589. The Labute approximate surface area is 226 Å². The predicted octanol–water partition coefficient (Wildman–Crippen LogP) is 5.23. The van der Waals surface area contributed by atoms with E-state index in [1.807, 2.05) is 11.8 Å². The molecule has 2 aliphatic heterocycles. The summed E-state index contributed by atoms with van der Waals surface area (Å²) in [5.41, 5.74) is 1.86. The number of halogens is 4. The highest BCUT2D eigenvalue weighted by molar-refractivity contribution is 7.89. The smallest absolute Gasteiger partial charge is 0.326 e. The van der Waals surface area contributed by atoms with Gasteiger partial charge in [0.1, 0.15) is 11.9 Å².